The molecule has 0 aliphatic heterocycles. The van der Waals surface area contributed by atoms with Crippen LogP contribution < -0.4 is 0 Å². The normalized spacial score (nSPS) is 10.9. The van der Waals surface area contributed by atoms with Crippen molar-refractivity contribution in [2.24, 2.45) is 0 Å². The zero-order valence-corrected chi connectivity index (χ0v) is 10.9. The summed E-state index contributed by atoms with van der Waals surface area (Å²) >= 11 is 1.63. The molecule has 19 heavy (non-hydrogen) atoms. The van der Waals surface area contributed by atoms with Crippen LogP contribution >= 0.6 is 11.3 Å². The lowest BCUT2D eigenvalue weighted by Crippen LogP contribution is -1.98. The fraction of sp³-hybridized carbons (Fsp3) is 0.143. The summed E-state index contributed by atoms with van der Waals surface area (Å²) in [5.74, 6) is 0.0840. The van der Waals surface area contributed by atoms with Gasteiger partial charge in [0.1, 0.15) is 0 Å². The van der Waals surface area contributed by atoms with E-state index in [1.165, 1.54) is 0 Å². The van der Waals surface area contributed by atoms with Gasteiger partial charge in [0, 0.05) is 12.6 Å². The molecule has 0 fully saturated rings. The molecule has 0 aliphatic carbocycles. The third-order valence-corrected chi connectivity index (χ3v) is 3.81. The molecule has 0 aromatic carbocycles. The molecule has 3 rings (SSSR count). The molecule has 3 heterocycles. The molecule has 96 valence electrons. The van der Waals surface area contributed by atoms with E-state index in [2.05, 4.69) is 4.98 Å². The smallest absolute Gasteiger partial charge is 0.303 e. The first-order chi connectivity index (χ1) is 9.25. The van der Waals surface area contributed by atoms with E-state index in [4.69, 9.17) is 5.11 Å². The maximum atomic E-state index is 10.7. The summed E-state index contributed by atoms with van der Waals surface area (Å²) in [6.07, 6.45) is 2.52. The molecule has 0 aliphatic rings. The van der Waals surface area contributed by atoms with Crippen LogP contribution in [0.2, 0.25) is 0 Å². The molecule has 0 saturated heterocycles. The topological polar surface area (TPSA) is 54.6 Å². The van der Waals surface area contributed by atoms with Crippen LogP contribution in [-0.2, 0) is 11.2 Å². The van der Waals surface area contributed by atoms with E-state index in [0.29, 0.717) is 6.42 Å². The molecule has 1 N–H and O–H groups in total. The SMILES string of the molecule is O=C(O)CCc1nc(-c2cccs2)n2ccccc12. The number of imidazole rings is 1. The molecule has 0 radical (unpaired) electrons. The summed E-state index contributed by atoms with van der Waals surface area (Å²) in [5, 5.41) is 10.8. The molecule has 0 bridgehead atoms. The van der Waals surface area contributed by atoms with E-state index >= 15 is 0 Å². The molecule has 0 unspecified atom stereocenters. The Kier molecular flexibility index (Phi) is 3.05. The van der Waals surface area contributed by atoms with Gasteiger partial charge < -0.3 is 5.11 Å². The van der Waals surface area contributed by atoms with Crippen LogP contribution in [0, 0.1) is 0 Å². The highest BCUT2D eigenvalue weighted by Crippen LogP contribution is 2.26. The minimum atomic E-state index is -0.797. The number of rotatable bonds is 4. The van der Waals surface area contributed by atoms with Crippen LogP contribution in [0.1, 0.15) is 12.1 Å². The lowest BCUT2D eigenvalue weighted by atomic mass is 10.2. The second-order valence-electron chi connectivity index (χ2n) is 4.21. The Morgan fingerprint density at radius 3 is 2.95 bits per heavy atom. The van der Waals surface area contributed by atoms with Crippen molar-refractivity contribution < 1.29 is 9.90 Å². The minimum absolute atomic E-state index is 0.103. The fourth-order valence-electron chi connectivity index (χ4n) is 2.09. The van der Waals surface area contributed by atoms with Crippen LogP contribution in [0.3, 0.4) is 0 Å². The summed E-state index contributed by atoms with van der Waals surface area (Å²) in [6.45, 7) is 0. The average molecular weight is 272 g/mol. The van der Waals surface area contributed by atoms with Crippen LogP contribution in [0.5, 0.6) is 0 Å². The van der Waals surface area contributed by atoms with Crippen molar-refractivity contribution in [2.45, 2.75) is 12.8 Å². The number of carbonyl (C=O) groups is 1. The molecule has 0 spiro atoms. The van der Waals surface area contributed by atoms with Crippen molar-refractivity contribution in [3.8, 4) is 10.7 Å². The highest BCUT2D eigenvalue weighted by molar-refractivity contribution is 7.13. The number of fused-ring (bicyclic) bond motifs is 1. The minimum Gasteiger partial charge on any atom is -0.481 e. The van der Waals surface area contributed by atoms with Crippen LogP contribution in [-0.4, -0.2) is 20.5 Å². The zero-order valence-electron chi connectivity index (χ0n) is 10.1. The largest absolute Gasteiger partial charge is 0.481 e. The van der Waals surface area contributed by atoms with Gasteiger partial charge in [0.05, 0.1) is 22.5 Å². The Balaban J connectivity index is 2.11. The van der Waals surface area contributed by atoms with Crippen molar-refractivity contribution in [1.82, 2.24) is 9.38 Å². The number of hydrogen-bond acceptors (Lipinski definition) is 3. The van der Waals surface area contributed by atoms with Gasteiger partial charge in [-0.05, 0) is 23.6 Å². The molecule has 0 amide bonds. The number of nitrogens with zero attached hydrogens (tertiary/aromatic N) is 2. The van der Waals surface area contributed by atoms with E-state index in [0.717, 1.165) is 21.9 Å². The highest BCUT2D eigenvalue weighted by Gasteiger charge is 2.13. The van der Waals surface area contributed by atoms with E-state index in [1.807, 2.05) is 46.3 Å². The summed E-state index contributed by atoms with van der Waals surface area (Å²) in [7, 11) is 0. The molecule has 0 saturated carbocycles. The number of carboxylic acid groups (broad SMARTS) is 1. The van der Waals surface area contributed by atoms with Crippen LogP contribution in [0.4, 0.5) is 0 Å². The molecule has 4 nitrogen and oxygen atoms in total. The maximum Gasteiger partial charge on any atom is 0.303 e. The number of aliphatic carboxylic acids is 1. The average Bonchev–Trinajstić information content (AvgIpc) is 3.03. The standard InChI is InChI=1S/C14H12N2O2S/c17-13(18)7-6-10-11-4-1-2-8-16(11)14(15-10)12-5-3-9-19-12/h1-5,8-9H,6-7H2,(H,17,18). The quantitative estimate of drug-likeness (QED) is 0.794. The Bertz CT molecular complexity index is 716. The maximum absolute atomic E-state index is 10.7. The van der Waals surface area contributed by atoms with Crippen molar-refractivity contribution in [3.63, 3.8) is 0 Å². The van der Waals surface area contributed by atoms with Gasteiger partial charge in [0.2, 0.25) is 0 Å². The van der Waals surface area contributed by atoms with Gasteiger partial charge in [-0.15, -0.1) is 11.3 Å². The Labute approximate surface area is 114 Å². The summed E-state index contributed by atoms with van der Waals surface area (Å²) < 4.78 is 2.02. The number of carboxylic acids is 1. The highest BCUT2D eigenvalue weighted by atomic mass is 32.1. The summed E-state index contributed by atoms with van der Waals surface area (Å²) in [6, 6.07) is 9.88. The molecule has 5 heteroatoms. The van der Waals surface area contributed by atoms with Gasteiger partial charge >= 0.3 is 5.97 Å². The second-order valence-corrected chi connectivity index (χ2v) is 5.16. The monoisotopic (exact) mass is 272 g/mol. The van der Waals surface area contributed by atoms with Crippen LogP contribution in [0.15, 0.2) is 41.9 Å². The van der Waals surface area contributed by atoms with Gasteiger partial charge in [0.15, 0.2) is 5.82 Å². The molecular weight excluding hydrogens is 260 g/mol. The molecule has 0 atom stereocenters. The molecular formula is C14H12N2O2S. The lowest BCUT2D eigenvalue weighted by Gasteiger charge is -1.97. The molecule has 3 aromatic heterocycles. The first kappa shape index (κ1) is 11.9. The summed E-state index contributed by atoms with van der Waals surface area (Å²) in [4.78, 5) is 16.4. The van der Waals surface area contributed by atoms with Crippen molar-refractivity contribution in [3.05, 3.63) is 47.6 Å². The predicted octanol–water partition coefficient (Wildman–Crippen LogP) is 3.08. The molecule has 3 aromatic rings. The van der Waals surface area contributed by atoms with Gasteiger partial charge in [-0.25, -0.2) is 4.98 Å². The number of aromatic nitrogens is 2. The first-order valence-electron chi connectivity index (χ1n) is 5.97. The van der Waals surface area contributed by atoms with Gasteiger partial charge in [-0.1, -0.05) is 12.1 Å². The fourth-order valence-corrected chi connectivity index (χ4v) is 2.80. The lowest BCUT2D eigenvalue weighted by molar-refractivity contribution is -0.136. The third-order valence-electron chi connectivity index (χ3n) is 2.94. The number of aryl methyl sites for hydroxylation is 1. The van der Waals surface area contributed by atoms with Crippen molar-refractivity contribution in [2.75, 3.05) is 0 Å². The first-order valence-corrected chi connectivity index (χ1v) is 6.85. The summed E-state index contributed by atoms with van der Waals surface area (Å²) in [5.41, 5.74) is 1.82. The van der Waals surface area contributed by atoms with E-state index < -0.39 is 5.97 Å². The third kappa shape index (κ3) is 2.24. The van der Waals surface area contributed by atoms with Crippen LogP contribution in [0.25, 0.3) is 16.2 Å². The van der Waals surface area contributed by atoms with Crippen molar-refractivity contribution in [1.29, 1.82) is 0 Å². The number of pyridine rings is 1. The van der Waals surface area contributed by atoms with Gasteiger partial charge in [-0.3, -0.25) is 9.20 Å². The van der Waals surface area contributed by atoms with E-state index in [1.54, 1.807) is 11.3 Å². The number of thiophene rings is 1. The Hall–Kier alpha value is -2.14. The number of hydrogen-bond donors (Lipinski definition) is 1. The van der Waals surface area contributed by atoms with Gasteiger partial charge in [-0.2, -0.15) is 0 Å². The van der Waals surface area contributed by atoms with Crippen molar-refractivity contribution >= 4 is 22.8 Å². The van der Waals surface area contributed by atoms with Gasteiger partial charge in [0.25, 0.3) is 0 Å². The predicted molar refractivity (Wildman–Crippen MR) is 74.5 cm³/mol. The Morgan fingerprint density at radius 2 is 2.21 bits per heavy atom. The van der Waals surface area contributed by atoms with E-state index in [-0.39, 0.29) is 6.42 Å². The zero-order chi connectivity index (χ0) is 13.2. The second kappa shape index (κ2) is 4.85. The van der Waals surface area contributed by atoms with E-state index in [9.17, 15) is 4.79 Å². The Morgan fingerprint density at radius 1 is 1.32 bits per heavy atom.